The van der Waals surface area contributed by atoms with Gasteiger partial charge in [-0.25, -0.2) is 4.39 Å². The fraction of sp³-hybridized carbons (Fsp3) is 0.200. The van der Waals surface area contributed by atoms with Crippen molar-refractivity contribution in [1.82, 2.24) is 0 Å². The van der Waals surface area contributed by atoms with Crippen LogP contribution in [0.25, 0.3) is 0 Å². The van der Waals surface area contributed by atoms with Gasteiger partial charge in [0.1, 0.15) is 5.82 Å². The van der Waals surface area contributed by atoms with E-state index in [4.69, 9.17) is 17.3 Å². The Balaban J connectivity index is 2.39. The van der Waals surface area contributed by atoms with E-state index in [9.17, 15) is 4.39 Å². The summed E-state index contributed by atoms with van der Waals surface area (Å²) in [5.41, 5.74) is 7.88. The van der Waals surface area contributed by atoms with Crippen molar-refractivity contribution >= 4 is 23.0 Å². The molecule has 0 aliphatic heterocycles. The lowest BCUT2D eigenvalue weighted by atomic mass is 10.1. The summed E-state index contributed by atoms with van der Waals surface area (Å²) in [6.45, 7) is 1.92. The third-order valence-corrected chi connectivity index (χ3v) is 3.61. The maximum atomic E-state index is 13.8. The molecule has 19 heavy (non-hydrogen) atoms. The highest BCUT2D eigenvalue weighted by atomic mass is 35.5. The third-order valence-electron chi connectivity index (χ3n) is 3.31. The minimum Gasteiger partial charge on any atom is -0.397 e. The standard InChI is InChI=1S/C15H16ClFN2/c1-10(11-6-3-4-8-13(11)17)19(2)15-12(16)7-5-9-14(15)18/h3-10H,18H2,1-2H3. The second kappa shape index (κ2) is 5.49. The molecule has 2 N–H and O–H groups in total. The fourth-order valence-electron chi connectivity index (χ4n) is 2.12. The van der Waals surface area contributed by atoms with Crippen molar-refractivity contribution < 1.29 is 4.39 Å². The van der Waals surface area contributed by atoms with Gasteiger partial charge in [0, 0.05) is 12.6 Å². The first kappa shape index (κ1) is 13.7. The topological polar surface area (TPSA) is 29.3 Å². The number of hydrogen-bond donors (Lipinski definition) is 1. The smallest absolute Gasteiger partial charge is 0.128 e. The Labute approximate surface area is 117 Å². The summed E-state index contributed by atoms with van der Waals surface area (Å²) in [6, 6.07) is 11.9. The summed E-state index contributed by atoms with van der Waals surface area (Å²) >= 11 is 6.18. The van der Waals surface area contributed by atoms with Crippen LogP contribution in [0.1, 0.15) is 18.5 Å². The van der Waals surface area contributed by atoms with Gasteiger partial charge in [-0.15, -0.1) is 0 Å². The number of hydrogen-bond acceptors (Lipinski definition) is 2. The maximum absolute atomic E-state index is 13.8. The average Bonchev–Trinajstić information content (AvgIpc) is 2.38. The predicted octanol–water partition coefficient (Wildman–Crippen LogP) is 4.26. The number of halogens is 2. The van der Waals surface area contributed by atoms with Crippen LogP contribution in [0.3, 0.4) is 0 Å². The zero-order valence-electron chi connectivity index (χ0n) is 10.9. The van der Waals surface area contributed by atoms with E-state index in [1.54, 1.807) is 30.3 Å². The molecule has 0 bridgehead atoms. The molecule has 0 radical (unpaired) electrons. The molecule has 0 saturated carbocycles. The number of nitrogens with two attached hydrogens (primary N) is 1. The molecule has 1 atom stereocenters. The second-order valence-electron chi connectivity index (χ2n) is 4.49. The van der Waals surface area contributed by atoms with Gasteiger partial charge < -0.3 is 10.6 Å². The van der Waals surface area contributed by atoms with Gasteiger partial charge in [0.15, 0.2) is 0 Å². The molecule has 2 rings (SSSR count). The first-order valence-electron chi connectivity index (χ1n) is 6.03. The van der Waals surface area contributed by atoms with Gasteiger partial charge in [-0.1, -0.05) is 35.9 Å². The lowest BCUT2D eigenvalue weighted by Crippen LogP contribution is -2.23. The monoisotopic (exact) mass is 278 g/mol. The molecule has 0 heterocycles. The highest BCUT2D eigenvalue weighted by molar-refractivity contribution is 6.34. The Bertz CT molecular complexity index is 566. The largest absolute Gasteiger partial charge is 0.397 e. The summed E-state index contributed by atoms with van der Waals surface area (Å²) in [5, 5.41) is 0.561. The number of anilines is 2. The molecular weight excluding hydrogens is 263 g/mol. The average molecular weight is 279 g/mol. The zero-order chi connectivity index (χ0) is 14.0. The summed E-state index contributed by atoms with van der Waals surface area (Å²) in [5.74, 6) is -0.229. The van der Waals surface area contributed by atoms with Crippen molar-refractivity contribution in [2.45, 2.75) is 13.0 Å². The molecule has 2 aromatic carbocycles. The third kappa shape index (κ3) is 2.66. The Morgan fingerprint density at radius 3 is 2.47 bits per heavy atom. The van der Waals surface area contributed by atoms with E-state index in [-0.39, 0.29) is 11.9 Å². The van der Waals surface area contributed by atoms with Gasteiger partial charge >= 0.3 is 0 Å². The zero-order valence-corrected chi connectivity index (χ0v) is 11.7. The van der Waals surface area contributed by atoms with Crippen LogP contribution in [0.4, 0.5) is 15.8 Å². The minimum atomic E-state index is -0.229. The van der Waals surface area contributed by atoms with E-state index in [0.717, 1.165) is 5.69 Å². The Morgan fingerprint density at radius 2 is 1.84 bits per heavy atom. The van der Waals surface area contributed by atoms with E-state index in [1.807, 2.05) is 24.9 Å². The molecule has 4 heteroatoms. The number of para-hydroxylation sites is 1. The highest BCUT2D eigenvalue weighted by Gasteiger charge is 2.19. The second-order valence-corrected chi connectivity index (χ2v) is 4.89. The van der Waals surface area contributed by atoms with Crippen molar-refractivity contribution in [2.75, 3.05) is 17.7 Å². The lowest BCUT2D eigenvalue weighted by Gasteiger charge is -2.29. The summed E-state index contributed by atoms with van der Waals surface area (Å²) < 4.78 is 13.8. The normalized spacial score (nSPS) is 12.2. The van der Waals surface area contributed by atoms with Gasteiger partial charge in [0.05, 0.1) is 22.4 Å². The van der Waals surface area contributed by atoms with Crippen molar-refractivity contribution in [1.29, 1.82) is 0 Å². The molecule has 0 spiro atoms. The van der Waals surface area contributed by atoms with Crippen molar-refractivity contribution in [2.24, 2.45) is 0 Å². The van der Waals surface area contributed by atoms with E-state index in [2.05, 4.69) is 0 Å². The van der Waals surface area contributed by atoms with Crippen molar-refractivity contribution in [3.8, 4) is 0 Å². The lowest BCUT2D eigenvalue weighted by molar-refractivity contribution is 0.585. The van der Waals surface area contributed by atoms with Crippen LogP contribution in [0, 0.1) is 5.82 Å². The number of benzene rings is 2. The predicted molar refractivity (Wildman–Crippen MR) is 79.1 cm³/mol. The van der Waals surface area contributed by atoms with Crippen LogP contribution in [-0.4, -0.2) is 7.05 Å². The molecule has 0 fully saturated rings. The molecular formula is C15H16ClFN2. The Morgan fingerprint density at radius 1 is 1.16 bits per heavy atom. The summed E-state index contributed by atoms with van der Waals surface area (Å²) in [7, 11) is 1.86. The molecule has 0 amide bonds. The molecule has 100 valence electrons. The van der Waals surface area contributed by atoms with Gasteiger partial charge in [-0.2, -0.15) is 0 Å². The van der Waals surface area contributed by atoms with Crippen LogP contribution in [0.15, 0.2) is 42.5 Å². The molecule has 2 nitrogen and oxygen atoms in total. The van der Waals surface area contributed by atoms with E-state index in [1.165, 1.54) is 6.07 Å². The van der Waals surface area contributed by atoms with Crippen LogP contribution in [-0.2, 0) is 0 Å². The molecule has 2 aromatic rings. The van der Waals surface area contributed by atoms with Gasteiger partial charge in [0.25, 0.3) is 0 Å². The van der Waals surface area contributed by atoms with Crippen LogP contribution in [0.5, 0.6) is 0 Å². The Hall–Kier alpha value is -1.74. The van der Waals surface area contributed by atoms with Crippen LogP contribution >= 0.6 is 11.6 Å². The van der Waals surface area contributed by atoms with E-state index >= 15 is 0 Å². The van der Waals surface area contributed by atoms with Gasteiger partial charge in [-0.05, 0) is 25.1 Å². The fourth-order valence-corrected chi connectivity index (χ4v) is 2.44. The van der Waals surface area contributed by atoms with Crippen LogP contribution in [0.2, 0.25) is 5.02 Å². The van der Waals surface area contributed by atoms with E-state index in [0.29, 0.717) is 16.3 Å². The molecule has 0 aliphatic rings. The SMILES string of the molecule is CC(c1ccccc1F)N(C)c1c(N)cccc1Cl. The van der Waals surface area contributed by atoms with Crippen molar-refractivity contribution in [3.63, 3.8) is 0 Å². The molecule has 0 saturated heterocycles. The Kier molecular flexibility index (Phi) is 3.96. The van der Waals surface area contributed by atoms with Gasteiger partial charge in [-0.3, -0.25) is 0 Å². The number of rotatable bonds is 3. The van der Waals surface area contributed by atoms with Crippen molar-refractivity contribution in [3.05, 3.63) is 58.9 Å². The highest BCUT2D eigenvalue weighted by Crippen LogP contribution is 2.36. The van der Waals surface area contributed by atoms with E-state index < -0.39 is 0 Å². The quantitative estimate of drug-likeness (QED) is 0.850. The summed E-state index contributed by atoms with van der Waals surface area (Å²) in [6.07, 6.45) is 0. The number of nitrogens with zero attached hydrogens (tertiary/aromatic N) is 1. The minimum absolute atomic E-state index is 0.164. The molecule has 0 aliphatic carbocycles. The summed E-state index contributed by atoms with van der Waals surface area (Å²) in [4.78, 5) is 1.88. The van der Waals surface area contributed by atoms with Crippen LogP contribution < -0.4 is 10.6 Å². The van der Waals surface area contributed by atoms with Gasteiger partial charge in [0.2, 0.25) is 0 Å². The molecule has 0 aromatic heterocycles. The first-order chi connectivity index (χ1) is 9.02. The number of nitrogen functional groups attached to an aromatic ring is 1. The molecule has 1 unspecified atom stereocenters. The maximum Gasteiger partial charge on any atom is 0.128 e. The first-order valence-corrected chi connectivity index (χ1v) is 6.41.